The van der Waals surface area contributed by atoms with Crippen LogP contribution in [0.5, 0.6) is 0 Å². The van der Waals surface area contributed by atoms with Gasteiger partial charge in [-0.05, 0) is 44.4 Å². The Hall–Kier alpha value is -2.05. The number of esters is 1. The fraction of sp³-hybridized carbons (Fsp3) is 0.529. The summed E-state index contributed by atoms with van der Waals surface area (Å²) in [4.78, 5) is 25.7. The minimum absolute atomic E-state index is 0.0257. The van der Waals surface area contributed by atoms with Crippen LogP contribution in [0.3, 0.4) is 0 Å². The highest BCUT2D eigenvalue weighted by molar-refractivity contribution is 6.00. The highest BCUT2D eigenvalue weighted by atomic mass is 19.4. The van der Waals surface area contributed by atoms with Gasteiger partial charge < -0.3 is 9.64 Å². The largest absolute Gasteiger partial charge is 0.460 e. The third kappa shape index (κ3) is 2.46. The van der Waals surface area contributed by atoms with Gasteiger partial charge in [-0.1, -0.05) is 6.07 Å². The Morgan fingerprint density at radius 2 is 2.00 bits per heavy atom. The summed E-state index contributed by atoms with van der Waals surface area (Å²) in [6.45, 7) is 4.68. The Balaban J connectivity index is 2.12. The lowest BCUT2D eigenvalue weighted by atomic mass is 9.86. The number of nitrogens with zero attached hydrogens (tertiary/aromatic N) is 1. The van der Waals surface area contributed by atoms with Crippen molar-refractivity contribution in [3.63, 3.8) is 0 Å². The second-order valence-electron chi connectivity index (χ2n) is 6.56. The summed E-state index contributed by atoms with van der Waals surface area (Å²) in [7, 11) is 0. The third-order valence-corrected chi connectivity index (χ3v) is 4.89. The SMILES string of the molecule is CC(=O)OC(C)C1(C)c2ccc(C(F)(F)F)cc2C(=O)N1C1CC1. The molecule has 1 aromatic rings. The summed E-state index contributed by atoms with van der Waals surface area (Å²) in [6.07, 6.45) is -3.58. The van der Waals surface area contributed by atoms with Gasteiger partial charge in [0.1, 0.15) is 11.6 Å². The third-order valence-electron chi connectivity index (χ3n) is 4.89. The van der Waals surface area contributed by atoms with Crippen LogP contribution >= 0.6 is 0 Å². The van der Waals surface area contributed by atoms with E-state index in [0.717, 1.165) is 25.0 Å². The van der Waals surface area contributed by atoms with E-state index in [9.17, 15) is 22.8 Å². The molecule has 4 nitrogen and oxygen atoms in total. The van der Waals surface area contributed by atoms with Crippen molar-refractivity contribution in [2.24, 2.45) is 0 Å². The van der Waals surface area contributed by atoms with Crippen LogP contribution in [0, 0.1) is 0 Å². The number of halogens is 3. The van der Waals surface area contributed by atoms with Crippen LogP contribution in [0.15, 0.2) is 18.2 Å². The minimum atomic E-state index is -4.51. The molecule has 1 aliphatic heterocycles. The zero-order valence-corrected chi connectivity index (χ0v) is 13.6. The van der Waals surface area contributed by atoms with Crippen LogP contribution in [-0.2, 0) is 21.2 Å². The fourth-order valence-corrected chi connectivity index (χ4v) is 3.47. The molecule has 1 amide bonds. The van der Waals surface area contributed by atoms with Crippen molar-refractivity contribution in [1.82, 2.24) is 4.90 Å². The summed E-state index contributed by atoms with van der Waals surface area (Å²) < 4.78 is 44.2. The summed E-state index contributed by atoms with van der Waals surface area (Å²) >= 11 is 0. The first kappa shape index (κ1) is 16.8. The van der Waals surface area contributed by atoms with Gasteiger partial charge in [0.15, 0.2) is 0 Å². The topological polar surface area (TPSA) is 46.6 Å². The molecule has 0 saturated heterocycles. The normalized spacial score (nSPS) is 24.8. The highest BCUT2D eigenvalue weighted by Crippen LogP contribution is 2.49. The highest BCUT2D eigenvalue weighted by Gasteiger charge is 2.56. The molecule has 24 heavy (non-hydrogen) atoms. The average Bonchev–Trinajstić information content (AvgIpc) is 3.26. The monoisotopic (exact) mass is 341 g/mol. The first-order valence-corrected chi connectivity index (χ1v) is 7.79. The molecule has 0 spiro atoms. The second kappa shape index (κ2) is 5.22. The first-order chi connectivity index (χ1) is 11.1. The number of hydrogen-bond donors (Lipinski definition) is 0. The molecule has 3 rings (SSSR count). The predicted octanol–water partition coefficient (Wildman–Crippen LogP) is 3.49. The number of hydrogen-bond acceptors (Lipinski definition) is 3. The smallest absolute Gasteiger partial charge is 0.416 e. The maximum atomic E-state index is 13.0. The molecule has 1 aliphatic carbocycles. The van der Waals surface area contributed by atoms with Gasteiger partial charge in [0.25, 0.3) is 5.91 Å². The number of fused-ring (bicyclic) bond motifs is 1. The first-order valence-electron chi connectivity index (χ1n) is 7.79. The zero-order valence-electron chi connectivity index (χ0n) is 13.6. The summed E-state index contributed by atoms with van der Waals surface area (Å²) in [5.74, 6) is -0.924. The number of rotatable bonds is 3. The number of amides is 1. The number of ether oxygens (including phenoxy) is 1. The van der Waals surface area contributed by atoms with Crippen molar-refractivity contribution >= 4 is 11.9 Å². The van der Waals surface area contributed by atoms with Crippen molar-refractivity contribution in [2.45, 2.75) is 57.5 Å². The van der Waals surface area contributed by atoms with E-state index in [1.807, 2.05) is 0 Å². The Morgan fingerprint density at radius 3 is 2.50 bits per heavy atom. The Labute approximate surface area is 137 Å². The minimum Gasteiger partial charge on any atom is -0.460 e. The maximum absolute atomic E-state index is 13.0. The molecule has 0 N–H and O–H groups in total. The molecule has 7 heteroatoms. The quantitative estimate of drug-likeness (QED) is 0.791. The van der Waals surface area contributed by atoms with Crippen LogP contribution in [0.2, 0.25) is 0 Å². The van der Waals surface area contributed by atoms with Crippen LogP contribution in [0.25, 0.3) is 0 Å². The summed E-state index contributed by atoms with van der Waals surface area (Å²) in [5, 5.41) is 0. The Bertz CT molecular complexity index is 712. The predicted molar refractivity (Wildman–Crippen MR) is 79.2 cm³/mol. The van der Waals surface area contributed by atoms with Gasteiger partial charge in [0.2, 0.25) is 0 Å². The summed E-state index contributed by atoms with van der Waals surface area (Å²) in [6, 6.07) is 3.18. The molecule has 1 aromatic carbocycles. The van der Waals surface area contributed by atoms with Gasteiger partial charge in [0, 0.05) is 18.5 Å². The second-order valence-corrected chi connectivity index (χ2v) is 6.56. The molecule has 130 valence electrons. The average molecular weight is 341 g/mol. The summed E-state index contributed by atoms with van der Waals surface area (Å²) in [5.41, 5.74) is -1.31. The molecule has 2 aliphatic rings. The van der Waals surface area contributed by atoms with E-state index in [4.69, 9.17) is 4.74 Å². The number of carbonyl (C=O) groups is 2. The van der Waals surface area contributed by atoms with E-state index >= 15 is 0 Å². The molecule has 2 atom stereocenters. The van der Waals surface area contributed by atoms with Crippen molar-refractivity contribution in [3.05, 3.63) is 34.9 Å². The molecular formula is C17H18F3NO3. The zero-order chi connectivity index (χ0) is 17.9. The van der Waals surface area contributed by atoms with Gasteiger partial charge in [-0.3, -0.25) is 9.59 Å². The van der Waals surface area contributed by atoms with Gasteiger partial charge >= 0.3 is 12.1 Å². The molecule has 1 saturated carbocycles. The lowest BCUT2D eigenvalue weighted by Crippen LogP contribution is -2.51. The number of benzene rings is 1. The standard InChI is InChI=1S/C17H18F3NO3/c1-9(24-10(2)22)16(3)14-7-4-11(17(18,19)20)8-13(14)15(23)21(16)12-5-6-12/h4,7-9,12H,5-6H2,1-3H3. The van der Waals surface area contributed by atoms with E-state index < -0.39 is 35.3 Å². The van der Waals surface area contributed by atoms with Crippen LogP contribution in [0.1, 0.15) is 55.1 Å². The number of carbonyl (C=O) groups excluding carboxylic acids is 2. The van der Waals surface area contributed by atoms with Crippen molar-refractivity contribution in [2.75, 3.05) is 0 Å². The van der Waals surface area contributed by atoms with Crippen molar-refractivity contribution < 1.29 is 27.5 Å². The Morgan fingerprint density at radius 1 is 1.38 bits per heavy atom. The molecule has 0 bridgehead atoms. The Kier molecular flexibility index (Phi) is 3.66. The van der Waals surface area contributed by atoms with E-state index in [2.05, 4.69) is 0 Å². The van der Waals surface area contributed by atoms with E-state index in [1.165, 1.54) is 13.0 Å². The lowest BCUT2D eigenvalue weighted by molar-refractivity contribution is -0.152. The van der Waals surface area contributed by atoms with Gasteiger partial charge in [-0.15, -0.1) is 0 Å². The fourth-order valence-electron chi connectivity index (χ4n) is 3.47. The van der Waals surface area contributed by atoms with Crippen molar-refractivity contribution in [3.8, 4) is 0 Å². The van der Waals surface area contributed by atoms with Gasteiger partial charge in [0.05, 0.1) is 5.56 Å². The van der Waals surface area contributed by atoms with Crippen LogP contribution in [0.4, 0.5) is 13.2 Å². The van der Waals surface area contributed by atoms with Gasteiger partial charge in [-0.2, -0.15) is 13.2 Å². The molecule has 2 unspecified atom stereocenters. The maximum Gasteiger partial charge on any atom is 0.416 e. The van der Waals surface area contributed by atoms with E-state index in [1.54, 1.807) is 18.7 Å². The molecule has 1 fully saturated rings. The van der Waals surface area contributed by atoms with E-state index in [-0.39, 0.29) is 11.6 Å². The molecule has 1 heterocycles. The molecule has 0 aromatic heterocycles. The van der Waals surface area contributed by atoms with E-state index in [0.29, 0.717) is 5.56 Å². The van der Waals surface area contributed by atoms with Crippen molar-refractivity contribution in [1.29, 1.82) is 0 Å². The number of alkyl halides is 3. The van der Waals surface area contributed by atoms with Crippen LogP contribution < -0.4 is 0 Å². The van der Waals surface area contributed by atoms with Crippen LogP contribution in [-0.4, -0.2) is 28.9 Å². The molecular weight excluding hydrogens is 323 g/mol. The van der Waals surface area contributed by atoms with Gasteiger partial charge in [-0.25, -0.2) is 0 Å². The lowest BCUT2D eigenvalue weighted by Gasteiger charge is -2.40. The molecule has 0 radical (unpaired) electrons.